The molecule has 2 heterocycles. The second kappa shape index (κ2) is 6.85. The fourth-order valence-electron chi connectivity index (χ4n) is 3.00. The lowest BCUT2D eigenvalue weighted by molar-refractivity contribution is -0.0420. The molecule has 2 aromatic carbocycles. The molecule has 3 N–H and O–H groups in total. The number of benzene rings is 2. The Bertz CT molecular complexity index is 1120. The molecule has 0 saturated carbocycles. The van der Waals surface area contributed by atoms with Crippen LogP contribution in [0.1, 0.15) is 23.0 Å². The van der Waals surface area contributed by atoms with E-state index in [0.29, 0.717) is 5.56 Å². The molecule has 0 aliphatic heterocycles. The van der Waals surface area contributed by atoms with Crippen molar-refractivity contribution in [2.75, 3.05) is 0 Å². The zero-order valence-corrected chi connectivity index (χ0v) is 13.8. The number of rotatable bonds is 2. The molecule has 0 bridgehead atoms. The van der Waals surface area contributed by atoms with E-state index in [2.05, 4.69) is 21.8 Å². The predicted octanol–water partition coefficient (Wildman–Crippen LogP) is 3.61. The second-order valence-corrected chi connectivity index (χ2v) is 5.91. The number of pyridine rings is 1. The van der Waals surface area contributed by atoms with Crippen LogP contribution in [0.3, 0.4) is 0 Å². The molecule has 0 unspecified atom stereocenters. The molecule has 0 aliphatic rings. The Morgan fingerprint density at radius 1 is 0.923 bits per heavy atom. The maximum absolute atomic E-state index is 9.84. The molecular formula is C22H16N2O2. The Morgan fingerprint density at radius 3 is 2.58 bits per heavy atom. The summed E-state index contributed by atoms with van der Waals surface area (Å²) in [6, 6.07) is 17.0. The van der Waals surface area contributed by atoms with Gasteiger partial charge < -0.3 is 15.2 Å². The molecule has 26 heavy (non-hydrogen) atoms. The average Bonchev–Trinajstić information content (AvgIpc) is 3.14. The summed E-state index contributed by atoms with van der Waals surface area (Å²) >= 11 is 0. The number of hydrogen-bond acceptors (Lipinski definition) is 3. The van der Waals surface area contributed by atoms with Crippen LogP contribution in [0.2, 0.25) is 0 Å². The van der Waals surface area contributed by atoms with Gasteiger partial charge in [0.05, 0.1) is 0 Å². The number of aliphatic hydroxyl groups is 2. The van der Waals surface area contributed by atoms with Crippen molar-refractivity contribution >= 4 is 10.9 Å². The van der Waals surface area contributed by atoms with E-state index in [0.717, 1.165) is 33.2 Å². The molecule has 4 aromatic rings. The van der Waals surface area contributed by atoms with Gasteiger partial charge in [-0.2, -0.15) is 0 Å². The summed E-state index contributed by atoms with van der Waals surface area (Å²) in [6.07, 6.45) is 3.69. The molecule has 0 saturated heterocycles. The first kappa shape index (κ1) is 16.1. The van der Waals surface area contributed by atoms with Gasteiger partial charge in [0, 0.05) is 46.4 Å². The maximum Gasteiger partial charge on any atom is 0.179 e. The van der Waals surface area contributed by atoms with Gasteiger partial charge in [0.2, 0.25) is 0 Å². The van der Waals surface area contributed by atoms with Gasteiger partial charge in [-0.25, -0.2) is 0 Å². The van der Waals surface area contributed by atoms with Gasteiger partial charge in [-0.15, -0.1) is 0 Å². The molecule has 0 atom stereocenters. The molecule has 0 radical (unpaired) electrons. The lowest BCUT2D eigenvalue weighted by Crippen LogP contribution is -2.00. The van der Waals surface area contributed by atoms with Crippen LogP contribution in [0.5, 0.6) is 0 Å². The van der Waals surface area contributed by atoms with Crippen molar-refractivity contribution in [3.63, 3.8) is 0 Å². The third-order valence-electron chi connectivity index (χ3n) is 4.24. The topological polar surface area (TPSA) is 69.1 Å². The van der Waals surface area contributed by atoms with E-state index in [9.17, 15) is 10.2 Å². The molecule has 2 aromatic heterocycles. The van der Waals surface area contributed by atoms with Crippen LogP contribution in [0.4, 0.5) is 0 Å². The van der Waals surface area contributed by atoms with Crippen molar-refractivity contribution in [2.45, 2.75) is 6.29 Å². The minimum Gasteiger partial charge on any atom is -0.364 e. The van der Waals surface area contributed by atoms with E-state index in [4.69, 9.17) is 0 Å². The summed E-state index contributed by atoms with van der Waals surface area (Å²) < 4.78 is 0. The van der Waals surface area contributed by atoms with Crippen molar-refractivity contribution in [1.82, 2.24) is 9.97 Å². The molecule has 4 rings (SSSR count). The zero-order chi connectivity index (χ0) is 17.9. The van der Waals surface area contributed by atoms with E-state index < -0.39 is 6.29 Å². The zero-order valence-electron chi connectivity index (χ0n) is 13.8. The van der Waals surface area contributed by atoms with Crippen LogP contribution in [0, 0.1) is 11.8 Å². The molecule has 0 fully saturated rings. The third-order valence-corrected chi connectivity index (χ3v) is 4.24. The van der Waals surface area contributed by atoms with Crippen molar-refractivity contribution < 1.29 is 10.2 Å². The number of nitrogens with one attached hydrogen (secondary N) is 1. The first-order valence-electron chi connectivity index (χ1n) is 8.21. The first-order valence-corrected chi connectivity index (χ1v) is 8.21. The maximum atomic E-state index is 9.84. The number of hydrogen-bond donors (Lipinski definition) is 3. The molecule has 4 heteroatoms. The molecule has 4 nitrogen and oxygen atoms in total. The largest absolute Gasteiger partial charge is 0.364 e. The number of aromatic nitrogens is 2. The summed E-state index contributed by atoms with van der Waals surface area (Å²) in [5.74, 6) is 6.27. The lowest BCUT2D eigenvalue weighted by Gasteiger charge is -2.14. The number of aliphatic hydroxyl groups excluding tert-OH is 1. The highest BCUT2D eigenvalue weighted by molar-refractivity contribution is 5.87. The molecular weight excluding hydrogens is 324 g/mol. The van der Waals surface area contributed by atoms with Crippen molar-refractivity contribution in [2.24, 2.45) is 0 Å². The highest BCUT2D eigenvalue weighted by Crippen LogP contribution is 2.32. The number of fused-ring (bicyclic) bond motifs is 1. The van der Waals surface area contributed by atoms with Crippen LogP contribution < -0.4 is 0 Å². The molecule has 0 amide bonds. The van der Waals surface area contributed by atoms with Gasteiger partial charge in [-0.3, -0.25) is 4.98 Å². The molecule has 126 valence electrons. The van der Waals surface area contributed by atoms with Crippen LogP contribution in [0.15, 0.2) is 73.2 Å². The molecule has 0 spiro atoms. The Hall–Kier alpha value is -3.39. The number of aromatic amines is 1. The van der Waals surface area contributed by atoms with Gasteiger partial charge >= 0.3 is 0 Å². The summed E-state index contributed by atoms with van der Waals surface area (Å²) in [5.41, 5.74) is 4.66. The van der Waals surface area contributed by atoms with Crippen LogP contribution in [-0.4, -0.2) is 20.2 Å². The summed E-state index contributed by atoms with van der Waals surface area (Å²) in [4.78, 5) is 7.15. The monoisotopic (exact) mass is 340 g/mol. The van der Waals surface area contributed by atoms with Crippen molar-refractivity contribution in [1.29, 1.82) is 0 Å². The van der Waals surface area contributed by atoms with E-state index in [1.165, 1.54) is 0 Å². The smallest absolute Gasteiger partial charge is 0.179 e. The van der Waals surface area contributed by atoms with Crippen LogP contribution in [0.25, 0.3) is 22.0 Å². The fourth-order valence-corrected chi connectivity index (χ4v) is 3.00. The van der Waals surface area contributed by atoms with Crippen molar-refractivity contribution in [3.05, 3.63) is 89.9 Å². The fraction of sp³-hybridized carbons (Fsp3) is 0.0455. The van der Waals surface area contributed by atoms with Crippen molar-refractivity contribution in [3.8, 4) is 23.0 Å². The standard InChI is InChI=1S/C22H16N2O2/c25-22(26)19-3-1-2-16(5-4-15-8-11-23-12-9-15)21(19)18-6-7-20-17(14-18)10-13-24-20/h1-3,6-14,22,24-26H. The number of nitrogens with zero attached hydrogens (tertiary/aromatic N) is 1. The van der Waals surface area contributed by atoms with Gasteiger partial charge in [-0.1, -0.05) is 30.0 Å². The van der Waals surface area contributed by atoms with E-state index in [1.54, 1.807) is 24.5 Å². The average molecular weight is 340 g/mol. The SMILES string of the molecule is OC(O)c1cccc(C#Cc2ccncc2)c1-c1ccc2[nH]ccc2c1. The highest BCUT2D eigenvalue weighted by Gasteiger charge is 2.15. The van der Waals surface area contributed by atoms with E-state index in [1.807, 2.05) is 48.7 Å². The Labute approximate surface area is 150 Å². The second-order valence-electron chi connectivity index (χ2n) is 5.91. The van der Waals surface area contributed by atoms with Gasteiger partial charge in [0.1, 0.15) is 0 Å². The van der Waals surface area contributed by atoms with Gasteiger partial charge in [0.25, 0.3) is 0 Å². The predicted molar refractivity (Wildman–Crippen MR) is 101 cm³/mol. The summed E-state index contributed by atoms with van der Waals surface area (Å²) in [7, 11) is 0. The Balaban J connectivity index is 1.90. The normalized spacial score (nSPS) is 10.7. The highest BCUT2D eigenvalue weighted by atomic mass is 16.5. The Morgan fingerprint density at radius 2 is 1.77 bits per heavy atom. The first-order chi connectivity index (χ1) is 12.7. The third kappa shape index (κ3) is 3.09. The van der Waals surface area contributed by atoms with Crippen LogP contribution in [-0.2, 0) is 0 Å². The molecule has 0 aliphatic carbocycles. The minimum absolute atomic E-state index is 0.432. The van der Waals surface area contributed by atoms with Gasteiger partial charge in [-0.05, 0) is 47.3 Å². The Kier molecular flexibility index (Phi) is 4.24. The summed E-state index contributed by atoms with van der Waals surface area (Å²) in [6.45, 7) is 0. The van der Waals surface area contributed by atoms with Crippen LogP contribution >= 0.6 is 0 Å². The van der Waals surface area contributed by atoms with E-state index in [-0.39, 0.29) is 0 Å². The summed E-state index contributed by atoms with van der Waals surface area (Å²) in [5, 5.41) is 20.7. The van der Waals surface area contributed by atoms with E-state index >= 15 is 0 Å². The van der Waals surface area contributed by atoms with Gasteiger partial charge in [0.15, 0.2) is 6.29 Å². The minimum atomic E-state index is -1.57. The number of H-pyrrole nitrogens is 1. The quantitative estimate of drug-likeness (QED) is 0.386. The lowest BCUT2D eigenvalue weighted by atomic mass is 9.93.